The van der Waals surface area contributed by atoms with Crippen LogP contribution in [0.2, 0.25) is 0 Å². The van der Waals surface area contributed by atoms with Crippen LogP contribution in [-0.2, 0) is 6.18 Å². The van der Waals surface area contributed by atoms with Crippen LogP contribution in [0.25, 0.3) is 10.9 Å². The van der Waals surface area contributed by atoms with Gasteiger partial charge in [-0.3, -0.25) is 0 Å². The lowest BCUT2D eigenvalue weighted by Crippen LogP contribution is -2.05. The minimum absolute atomic E-state index is 0.00463. The molecule has 0 radical (unpaired) electrons. The van der Waals surface area contributed by atoms with Gasteiger partial charge in [-0.1, -0.05) is 6.07 Å². The molecule has 74 valence electrons. The van der Waals surface area contributed by atoms with Crippen molar-refractivity contribution < 1.29 is 13.2 Å². The lowest BCUT2D eigenvalue weighted by Gasteiger charge is -2.07. The van der Waals surface area contributed by atoms with Crippen LogP contribution >= 0.6 is 11.5 Å². The van der Waals surface area contributed by atoms with E-state index in [2.05, 4.69) is 4.37 Å². The molecule has 0 saturated heterocycles. The molecule has 0 fully saturated rings. The lowest BCUT2D eigenvalue weighted by molar-refractivity contribution is -0.136. The average Bonchev–Trinajstić information content (AvgIpc) is 2.46. The van der Waals surface area contributed by atoms with Crippen LogP contribution in [0.15, 0.2) is 18.2 Å². The van der Waals surface area contributed by atoms with Gasteiger partial charge in [0.05, 0.1) is 11.1 Å². The van der Waals surface area contributed by atoms with Crippen molar-refractivity contribution in [2.24, 2.45) is 0 Å². The summed E-state index contributed by atoms with van der Waals surface area (Å²) in [6, 6.07) is 3.84. The summed E-state index contributed by atoms with van der Waals surface area (Å²) in [5.41, 5.74) is 5.00. The topological polar surface area (TPSA) is 38.9 Å². The molecule has 0 aliphatic rings. The van der Waals surface area contributed by atoms with Gasteiger partial charge in [0.1, 0.15) is 5.00 Å². The number of aromatic nitrogens is 1. The number of hydrogen-bond donors (Lipinski definition) is 1. The van der Waals surface area contributed by atoms with E-state index in [9.17, 15) is 13.2 Å². The minimum Gasteiger partial charge on any atom is -0.389 e. The Labute approximate surface area is 81.3 Å². The molecule has 0 amide bonds. The zero-order valence-electron chi connectivity index (χ0n) is 6.80. The summed E-state index contributed by atoms with van der Waals surface area (Å²) in [5.74, 6) is 0. The van der Waals surface area contributed by atoms with Gasteiger partial charge in [-0.2, -0.15) is 17.5 Å². The number of hydrogen-bond acceptors (Lipinski definition) is 3. The monoisotopic (exact) mass is 218 g/mol. The van der Waals surface area contributed by atoms with Crippen molar-refractivity contribution in [1.82, 2.24) is 4.37 Å². The molecule has 0 spiro atoms. The van der Waals surface area contributed by atoms with Crippen molar-refractivity contribution >= 4 is 27.4 Å². The second kappa shape index (κ2) is 2.84. The Morgan fingerprint density at radius 2 is 2.00 bits per heavy atom. The molecule has 14 heavy (non-hydrogen) atoms. The van der Waals surface area contributed by atoms with Gasteiger partial charge < -0.3 is 5.73 Å². The molecule has 2 aromatic rings. The van der Waals surface area contributed by atoms with E-state index in [0.29, 0.717) is 5.52 Å². The molecule has 1 heterocycles. The van der Waals surface area contributed by atoms with Crippen molar-refractivity contribution in [1.29, 1.82) is 0 Å². The highest BCUT2D eigenvalue weighted by Gasteiger charge is 2.33. The number of rotatable bonds is 0. The predicted octanol–water partition coefficient (Wildman–Crippen LogP) is 2.90. The van der Waals surface area contributed by atoms with Gasteiger partial charge in [-0.05, 0) is 23.7 Å². The van der Waals surface area contributed by atoms with Crippen LogP contribution in [0.1, 0.15) is 5.56 Å². The number of nitrogens with zero attached hydrogens (tertiary/aromatic N) is 1. The molecule has 2 rings (SSSR count). The van der Waals surface area contributed by atoms with Gasteiger partial charge in [-0.15, -0.1) is 0 Å². The quantitative estimate of drug-likeness (QED) is 0.738. The van der Waals surface area contributed by atoms with Crippen molar-refractivity contribution in [3.05, 3.63) is 23.8 Å². The second-order valence-electron chi connectivity index (χ2n) is 2.74. The molecular formula is C8H5F3N2S. The standard InChI is InChI=1S/C8H5F3N2S/c9-8(10,11)4-2-1-3-5-6(4)7(12)14-13-5/h1-3H,12H2. The Morgan fingerprint density at radius 3 is 2.64 bits per heavy atom. The zero-order chi connectivity index (χ0) is 10.3. The van der Waals surface area contributed by atoms with Gasteiger partial charge >= 0.3 is 6.18 Å². The maximum absolute atomic E-state index is 12.5. The number of benzene rings is 1. The van der Waals surface area contributed by atoms with Gasteiger partial charge in [0, 0.05) is 5.39 Å². The van der Waals surface area contributed by atoms with E-state index in [1.807, 2.05) is 0 Å². The summed E-state index contributed by atoms with van der Waals surface area (Å²) in [6.07, 6.45) is -4.38. The van der Waals surface area contributed by atoms with Crippen molar-refractivity contribution in [3.63, 3.8) is 0 Å². The molecule has 0 saturated carbocycles. The molecule has 0 aliphatic carbocycles. The van der Waals surface area contributed by atoms with Gasteiger partial charge in [0.15, 0.2) is 0 Å². The van der Waals surface area contributed by atoms with Crippen LogP contribution < -0.4 is 5.73 Å². The minimum atomic E-state index is -4.38. The Balaban J connectivity index is 2.82. The summed E-state index contributed by atoms with van der Waals surface area (Å²) in [4.78, 5) is 0. The first-order valence-corrected chi connectivity index (χ1v) is 4.48. The molecule has 0 bridgehead atoms. The first kappa shape index (κ1) is 9.26. The third-order valence-corrected chi connectivity index (χ3v) is 2.53. The summed E-state index contributed by atoms with van der Waals surface area (Å²) in [7, 11) is 0. The van der Waals surface area contributed by atoms with Crippen LogP contribution in [0.3, 0.4) is 0 Å². The van der Waals surface area contributed by atoms with Gasteiger partial charge in [0.2, 0.25) is 0 Å². The normalized spacial score (nSPS) is 12.2. The summed E-state index contributed by atoms with van der Waals surface area (Å²) in [5, 5.41) is 0.109. The fourth-order valence-corrected chi connectivity index (χ4v) is 1.91. The molecule has 2 nitrogen and oxygen atoms in total. The predicted molar refractivity (Wildman–Crippen MR) is 49.0 cm³/mol. The van der Waals surface area contributed by atoms with Crippen LogP contribution in [0.5, 0.6) is 0 Å². The number of halogens is 3. The van der Waals surface area contributed by atoms with Crippen LogP contribution in [-0.4, -0.2) is 4.37 Å². The van der Waals surface area contributed by atoms with E-state index >= 15 is 0 Å². The Hall–Kier alpha value is -1.30. The van der Waals surface area contributed by atoms with Gasteiger partial charge in [-0.25, -0.2) is 0 Å². The maximum Gasteiger partial charge on any atom is 0.417 e. The van der Waals surface area contributed by atoms with Crippen LogP contribution in [0.4, 0.5) is 18.2 Å². The van der Waals surface area contributed by atoms with E-state index in [1.165, 1.54) is 12.1 Å². The highest BCUT2D eigenvalue weighted by atomic mass is 32.1. The van der Waals surface area contributed by atoms with Crippen molar-refractivity contribution in [2.75, 3.05) is 5.73 Å². The Morgan fingerprint density at radius 1 is 1.29 bits per heavy atom. The smallest absolute Gasteiger partial charge is 0.389 e. The third kappa shape index (κ3) is 1.31. The van der Waals surface area contributed by atoms with Crippen molar-refractivity contribution in [3.8, 4) is 0 Å². The lowest BCUT2D eigenvalue weighted by atomic mass is 10.1. The molecule has 1 aromatic heterocycles. The largest absolute Gasteiger partial charge is 0.417 e. The van der Waals surface area contributed by atoms with E-state index in [0.717, 1.165) is 17.6 Å². The fraction of sp³-hybridized carbons (Fsp3) is 0.125. The van der Waals surface area contributed by atoms with E-state index in [1.54, 1.807) is 0 Å². The Kier molecular flexibility index (Phi) is 1.88. The number of anilines is 1. The van der Waals surface area contributed by atoms with E-state index < -0.39 is 11.7 Å². The molecular weight excluding hydrogens is 213 g/mol. The van der Waals surface area contributed by atoms with Crippen LogP contribution in [0, 0.1) is 0 Å². The number of nitrogen functional groups attached to an aromatic ring is 1. The maximum atomic E-state index is 12.5. The average molecular weight is 218 g/mol. The molecule has 2 N–H and O–H groups in total. The molecule has 6 heteroatoms. The highest BCUT2D eigenvalue weighted by Crippen LogP contribution is 2.38. The zero-order valence-corrected chi connectivity index (χ0v) is 7.62. The molecule has 1 aromatic carbocycles. The molecule has 0 atom stereocenters. The highest BCUT2D eigenvalue weighted by molar-refractivity contribution is 7.11. The summed E-state index contributed by atoms with van der Waals surface area (Å²) in [6.45, 7) is 0. The third-order valence-electron chi connectivity index (χ3n) is 1.84. The molecule has 0 aliphatic heterocycles. The Bertz CT molecular complexity index is 475. The van der Waals surface area contributed by atoms with E-state index in [4.69, 9.17) is 5.73 Å². The van der Waals surface area contributed by atoms with Crippen molar-refractivity contribution in [2.45, 2.75) is 6.18 Å². The number of fused-ring (bicyclic) bond motifs is 1. The first-order valence-electron chi connectivity index (χ1n) is 3.71. The van der Waals surface area contributed by atoms with Gasteiger partial charge in [0.25, 0.3) is 0 Å². The number of nitrogens with two attached hydrogens (primary N) is 1. The SMILES string of the molecule is Nc1snc2cccc(C(F)(F)F)c12. The summed E-state index contributed by atoms with van der Waals surface area (Å²) < 4.78 is 41.3. The number of alkyl halides is 3. The fourth-order valence-electron chi connectivity index (χ4n) is 1.26. The summed E-state index contributed by atoms with van der Waals surface area (Å²) >= 11 is 0.876. The first-order chi connectivity index (χ1) is 6.50. The van der Waals surface area contributed by atoms with E-state index in [-0.39, 0.29) is 10.4 Å². The molecule has 0 unspecified atom stereocenters. The second-order valence-corrected chi connectivity index (χ2v) is 3.55.